The Labute approximate surface area is 166 Å². The zero-order valence-corrected chi connectivity index (χ0v) is 16.5. The van der Waals surface area contributed by atoms with E-state index in [1.54, 1.807) is 17.6 Å². The first-order valence-corrected chi connectivity index (χ1v) is 11.2. The Morgan fingerprint density at radius 1 is 1.18 bits per heavy atom. The van der Waals surface area contributed by atoms with Crippen LogP contribution in [0.15, 0.2) is 59.2 Å². The lowest BCUT2D eigenvalue weighted by Gasteiger charge is -2.10. The lowest BCUT2D eigenvalue weighted by molar-refractivity contribution is 0.679. The van der Waals surface area contributed by atoms with Gasteiger partial charge in [-0.3, -0.25) is 0 Å². The molecule has 0 amide bonds. The first kappa shape index (κ1) is 18.3. The van der Waals surface area contributed by atoms with Gasteiger partial charge in [0.1, 0.15) is 17.7 Å². The van der Waals surface area contributed by atoms with Crippen LogP contribution in [0.3, 0.4) is 0 Å². The molecular weight excluding hydrogens is 394 g/mol. The summed E-state index contributed by atoms with van der Waals surface area (Å²) < 4.78 is 19.7. The molecule has 0 radical (unpaired) electrons. The molecule has 1 unspecified atom stereocenters. The maximum absolute atomic E-state index is 11.9. The van der Waals surface area contributed by atoms with E-state index >= 15 is 0 Å². The standard InChI is InChI=1S/C18H17N7OS2/c1-28(19,26)14-4-2-3-12(7-14)9-20-13-5-6-15-16(8-13)21-10-22-17(15)24-18-25-23-11-27-18/h2-8,10-11,19-20H,9H2,1H3,(H,21,22,24,25). The molecule has 4 rings (SSSR count). The lowest BCUT2D eigenvalue weighted by Crippen LogP contribution is -2.02. The van der Waals surface area contributed by atoms with E-state index < -0.39 is 9.73 Å². The Morgan fingerprint density at radius 3 is 2.86 bits per heavy atom. The van der Waals surface area contributed by atoms with Crippen molar-refractivity contribution in [1.82, 2.24) is 20.2 Å². The highest BCUT2D eigenvalue weighted by atomic mass is 32.2. The van der Waals surface area contributed by atoms with Gasteiger partial charge in [0.05, 0.1) is 15.2 Å². The molecule has 2 heterocycles. The Morgan fingerprint density at radius 2 is 2.07 bits per heavy atom. The van der Waals surface area contributed by atoms with E-state index in [-0.39, 0.29) is 0 Å². The van der Waals surface area contributed by atoms with Crippen LogP contribution in [0.2, 0.25) is 0 Å². The minimum Gasteiger partial charge on any atom is -0.381 e. The maximum Gasteiger partial charge on any atom is 0.211 e. The molecule has 8 nitrogen and oxygen atoms in total. The number of hydrogen-bond donors (Lipinski definition) is 3. The van der Waals surface area contributed by atoms with Crippen LogP contribution in [0.5, 0.6) is 0 Å². The molecule has 3 N–H and O–H groups in total. The summed E-state index contributed by atoms with van der Waals surface area (Å²) in [4.78, 5) is 9.17. The molecule has 0 saturated carbocycles. The Balaban J connectivity index is 1.54. The molecule has 4 aromatic rings. The number of fused-ring (bicyclic) bond motifs is 1. The summed E-state index contributed by atoms with van der Waals surface area (Å²) in [6, 6.07) is 13.1. The summed E-state index contributed by atoms with van der Waals surface area (Å²) in [6.45, 7) is 0.551. The van der Waals surface area contributed by atoms with E-state index in [1.165, 1.54) is 23.9 Å². The third kappa shape index (κ3) is 4.07. The topological polar surface area (TPSA) is 117 Å². The number of rotatable bonds is 6. The number of hydrogen-bond acceptors (Lipinski definition) is 9. The summed E-state index contributed by atoms with van der Waals surface area (Å²) in [5.41, 5.74) is 4.31. The van der Waals surface area contributed by atoms with E-state index in [2.05, 4.69) is 30.8 Å². The molecular formula is C18H17N7OS2. The predicted octanol–water partition coefficient (Wildman–Crippen LogP) is 3.87. The molecule has 0 saturated heterocycles. The van der Waals surface area contributed by atoms with Crippen LogP contribution >= 0.6 is 11.3 Å². The summed E-state index contributed by atoms with van der Waals surface area (Å²) in [7, 11) is -2.72. The average Bonchev–Trinajstić information content (AvgIpc) is 3.19. The van der Waals surface area contributed by atoms with Crippen LogP contribution in [0.4, 0.5) is 16.6 Å². The minimum atomic E-state index is -2.72. The van der Waals surface area contributed by atoms with E-state index in [0.29, 0.717) is 22.4 Å². The zero-order valence-electron chi connectivity index (χ0n) is 14.9. The smallest absolute Gasteiger partial charge is 0.211 e. The number of benzene rings is 2. The van der Waals surface area contributed by atoms with Gasteiger partial charge in [-0.05, 0) is 35.9 Å². The fourth-order valence-corrected chi connectivity index (χ4v) is 3.86. The monoisotopic (exact) mass is 411 g/mol. The van der Waals surface area contributed by atoms with Crippen molar-refractivity contribution in [2.75, 3.05) is 16.9 Å². The fourth-order valence-electron chi connectivity index (χ4n) is 2.70. The summed E-state index contributed by atoms with van der Waals surface area (Å²) in [6.07, 6.45) is 2.93. The van der Waals surface area contributed by atoms with Gasteiger partial charge in [-0.15, -0.1) is 10.2 Å². The number of nitrogens with one attached hydrogen (secondary N) is 3. The molecule has 142 valence electrons. The Hall–Kier alpha value is -3.11. The molecule has 0 aliphatic carbocycles. The number of anilines is 3. The van der Waals surface area contributed by atoms with Gasteiger partial charge in [0.2, 0.25) is 5.13 Å². The van der Waals surface area contributed by atoms with E-state index in [4.69, 9.17) is 4.78 Å². The second kappa shape index (κ2) is 7.49. The molecule has 10 heteroatoms. The Kier molecular flexibility index (Phi) is 4.88. The predicted molar refractivity (Wildman–Crippen MR) is 112 cm³/mol. The highest BCUT2D eigenvalue weighted by Gasteiger charge is 2.08. The highest BCUT2D eigenvalue weighted by molar-refractivity contribution is 7.91. The molecule has 2 aromatic heterocycles. The quantitative estimate of drug-likeness (QED) is 0.441. The second-order valence-corrected chi connectivity index (χ2v) is 9.16. The number of nitrogens with zero attached hydrogens (tertiary/aromatic N) is 4. The van der Waals surface area contributed by atoms with Crippen molar-refractivity contribution >= 4 is 48.6 Å². The van der Waals surface area contributed by atoms with Crippen LogP contribution in [-0.4, -0.2) is 30.6 Å². The molecule has 0 bridgehead atoms. The molecule has 0 aliphatic rings. The first-order valence-electron chi connectivity index (χ1n) is 8.33. The third-order valence-corrected chi connectivity index (χ3v) is 5.83. The fraction of sp³-hybridized carbons (Fsp3) is 0.111. The van der Waals surface area contributed by atoms with Gasteiger partial charge in [0.15, 0.2) is 0 Å². The molecule has 0 fully saturated rings. The van der Waals surface area contributed by atoms with Crippen molar-refractivity contribution in [2.24, 2.45) is 0 Å². The van der Waals surface area contributed by atoms with Crippen LogP contribution < -0.4 is 10.6 Å². The van der Waals surface area contributed by atoms with Gasteiger partial charge in [0, 0.05) is 28.8 Å². The largest absolute Gasteiger partial charge is 0.381 e. The average molecular weight is 412 g/mol. The van der Waals surface area contributed by atoms with E-state index in [1.807, 2.05) is 30.3 Å². The SMILES string of the molecule is CS(=N)(=O)c1cccc(CNc2ccc3c(Nc4nncs4)ncnc3c2)c1. The number of aromatic nitrogens is 4. The minimum absolute atomic E-state index is 0.533. The summed E-state index contributed by atoms with van der Waals surface area (Å²) in [5.74, 6) is 0.675. The van der Waals surface area contributed by atoms with Crippen molar-refractivity contribution in [3.63, 3.8) is 0 Å². The maximum atomic E-state index is 11.9. The van der Waals surface area contributed by atoms with E-state index in [0.717, 1.165) is 22.2 Å². The van der Waals surface area contributed by atoms with Crippen LogP contribution in [0.1, 0.15) is 5.56 Å². The van der Waals surface area contributed by atoms with Crippen LogP contribution in [0.25, 0.3) is 10.9 Å². The molecule has 0 spiro atoms. The Bertz CT molecular complexity index is 1220. The lowest BCUT2D eigenvalue weighted by atomic mass is 10.2. The molecule has 0 aliphatic heterocycles. The normalized spacial score (nSPS) is 13.2. The van der Waals surface area contributed by atoms with Crippen molar-refractivity contribution in [3.8, 4) is 0 Å². The van der Waals surface area contributed by atoms with Gasteiger partial charge in [-0.25, -0.2) is 19.0 Å². The van der Waals surface area contributed by atoms with Crippen molar-refractivity contribution in [3.05, 3.63) is 59.9 Å². The van der Waals surface area contributed by atoms with Gasteiger partial charge in [0.25, 0.3) is 0 Å². The van der Waals surface area contributed by atoms with Crippen molar-refractivity contribution in [1.29, 1.82) is 4.78 Å². The molecule has 1 atom stereocenters. The second-order valence-electron chi connectivity index (χ2n) is 6.17. The van der Waals surface area contributed by atoms with Crippen LogP contribution in [-0.2, 0) is 16.3 Å². The summed E-state index contributed by atoms with van der Waals surface area (Å²) in [5, 5.41) is 15.8. The van der Waals surface area contributed by atoms with Gasteiger partial charge in [-0.2, -0.15) is 0 Å². The molecule has 28 heavy (non-hydrogen) atoms. The van der Waals surface area contributed by atoms with Crippen molar-refractivity contribution < 1.29 is 4.21 Å². The summed E-state index contributed by atoms with van der Waals surface area (Å²) >= 11 is 1.40. The van der Waals surface area contributed by atoms with Crippen LogP contribution in [0, 0.1) is 4.78 Å². The van der Waals surface area contributed by atoms with Gasteiger partial charge in [-0.1, -0.05) is 23.5 Å². The third-order valence-electron chi connectivity index (χ3n) is 4.07. The van der Waals surface area contributed by atoms with Gasteiger partial charge < -0.3 is 10.6 Å². The highest BCUT2D eigenvalue weighted by Crippen LogP contribution is 2.26. The molecule has 2 aromatic carbocycles. The zero-order chi connectivity index (χ0) is 19.6. The van der Waals surface area contributed by atoms with Gasteiger partial charge >= 0.3 is 0 Å². The van der Waals surface area contributed by atoms with E-state index in [9.17, 15) is 4.21 Å². The van der Waals surface area contributed by atoms with Crippen molar-refractivity contribution in [2.45, 2.75) is 11.4 Å². The first-order chi connectivity index (χ1) is 13.5.